The fourth-order valence-corrected chi connectivity index (χ4v) is 3.87. The zero-order chi connectivity index (χ0) is 21.0. The van der Waals surface area contributed by atoms with E-state index < -0.39 is 5.25 Å². The Balaban J connectivity index is 1.58. The summed E-state index contributed by atoms with van der Waals surface area (Å²) in [5.74, 6) is 0.0887. The molecule has 2 N–H and O–H groups in total. The third-order valence-electron chi connectivity index (χ3n) is 4.01. The predicted molar refractivity (Wildman–Crippen MR) is 116 cm³/mol. The summed E-state index contributed by atoms with van der Waals surface area (Å²) in [6.45, 7) is 3.67. The topological polar surface area (TPSA) is 102 Å². The molecule has 0 bridgehead atoms. The van der Waals surface area contributed by atoms with Gasteiger partial charge in [-0.15, -0.1) is 21.5 Å². The van der Waals surface area contributed by atoms with Crippen molar-refractivity contribution < 1.29 is 9.59 Å². The van der Waals surface area contributed by atoms with Gasteiger partial charge in [-0.25, -0.2) is 4.98 Å². The summed E-state index contributed by atoms with van der Waals surface area (Å²) in [5.41, 5.74) is 1.56. The van der Waals surface area contributed by atoms with Crippen molar-refractivity contribution in [3.05, 3.63) is 46.2 Å². The summed E-state index contributed by atoms with van der Waals surface area (Å²) in [6, 6.07) is 5.34. The van der Waals surface area contributed by atoms with E-state index in [4.69, 9.17) is 11.6 Å². The van der Waals surface area contributed by atoms with Crippen LogP contribution >= 0.6 is 34.7 Å². The van der Waals surface area contributed by atoms with E-state index in [0.717, 1.165) is 5.56 Å². The van der Waals surface area contributed by atoms with Crippen molar-refractivity contribution in [2.75, 3.05) is 10.6 Å². The van der Waals surface area contributed by atoms with Crippen molar-refractivity contribution in [3.8, 4) is 0 Å². The van der Waals surface area contributed by atoms with E-state index in [1.54, 1.807) is 42.2 Å². The molecule has 1 unspecified atom stereocenters. The van der Waals surface area contributed by atoms with Crippen LogP contribution < -0.4 is 10.6 Å². The highest BCUT2D eigenvalue weighted by atomic mass is 35.5. The Morgan fingerprint density at radius 3 is 2.79 bits per heavy atom. The zero-order valence-corrected chi connectivity index (χ0v) is 18.4. The van der Waals surface area contributed by atoms with Crippen LogP contribution in [0.15, 0.2) is 34.9 Å². The van der Waals surface area contributed by atoms with Crippen molar-refractivity contribution in [2.45, 2.75) is 30.7 Å². The Bertz CT molecular complexity index is 1020. The molecule has 0 radical (unpaired) electrons. The van der Waals surface area contributed by atoms with Crippen molar-refractivity contribution in [3.63, 3.8) is 0 Å². The molecule has 8 nitrogen and oxygen atoms in total. The molecule has 152 valence electrons. The second-order valence-corrected chi connectivity index (χ2v) is 8.84. The molecule has 2 amide bonds. The minimum absolute atomic E-state index is 0.0508. The van der Waals surface area contributed by atoms with Gasteiger partial charge in [0.2, 0.25) is 11.8 Å². The maximum absolute atomic E-state index is 12.3. The van der Waals surface area contributed by atoms with Crippen LogP contribution in [0.4, 0.5) is 10.8 Å². The van der Waals surface area contributed by atoms with E-state index in [2.05, 4.69) is 25.8 Å². The number of aromatic nitrogens is 4. The quantitative estimate of drug-likeness (QED) is 0.534. The number of nitrogens with one attached hydrogen (secondary N) is 2. The third-order valence-corrected chi connectivity index (χ3v) is 6.24. The number of anilines is 2. The van der Waals surface area contributed by atoms with Crippen LogP contribution in [0.5, 0.6) is 0 Å². The first-order chi connectivity index (χ1) is 13.8. The van der Waals surface area contributed by atoms with Crippen molar-refractivity contribution in [1.29, 1.82) is 0 Å². The smallest absolute Gasteiger partial charge is 0.239 e. The molecule has 29 heavy (non-hydrogen) atoms. The van der Waals surface area contributed by atoms with Crippen LogP contribution in [0.2, 0.25) is 5.02 Å². The van der Waals surface area contributed by atoms with Crippen molar-refractivity contribution in [1.82, 2.24) is 19.7 Å². The molecule has 0 saturated carbocycles. The van der Waals surface area contributed by atoms with Crippen LogP contribution in [0.25, 0.3) is 0 Å². The number of aryl methyl sites for hydroxylation is 1. The largest absolute Gasteiger partial charge is 0.326 e. The molecule has 0 aliphatic rings. The summed E-state index contributed by atoms with van der Waals surface area (Å²) >= 11 is 8.70. The lowest BCUT2D eigenvalue weighted by molar-refractivity contribution is -0.116. The SMILES string of the molecule is Cc1ccc(NC(=O)Cc2nnc(SC(C)C(=O)Nc3nccs3)n2C)cc1Cl. The minimum Gasteiger partial charge on any atom is -0.326 e. The zero-order valence-electron chi connectivity index (χ0n) is 16.0. The van der Waals surface area contributed by atoms with Crippen LogP contribution in [0.3, 0.4) is 0 Å². The second kappa shape index (κ2) is 9.38. The monoisotopic (exact) mass is 450 g/mol. The van der Waals surface area contributed by atoms with Crippen LogP contribution in [0.1, 0.15) is 18.3 Å². The first kappa shape index (κ1) is 21.3. The van der Waals surface area contributed by atoms with E-state index in [0.29, 0.717) is 26.8 Å². The van der Waals surface area contributed by atoms with E-state index in [9.17, 15) is 9.59 Å². The summed E-state index contributed by atoms with van der Waals surface area (Å²) in [6.07, 6.45) is 1.68. The van der Waals surface area contributed by atoms with Gasteiger partial charge in [0.25, 0.3) is 0 Å². The van der Waals surface area contributed by atoms with Gasteiger partial charge in [-0.05, 0) is 31.5 Å². The molecule has 3 rings (SSSR count). The first-order valence-corrected chi connectivity index (χ1v) is 10.8. The molecule has 0 fully saturated rings. The van der Waals surface area contributed by atoms with Gasteiger partial charge in [-0.2, -0.15) is 0 Å². The molecule has 0 aliphatic heterocycles. The Kier molecular flexibility index (Phi) is 6.88. The highest BCUT2D eigenvalue weighted by molar-refractivity contribution is 8.00. The maximum Gasteiger partial charge on any atom is 0.239 e. The van der Waals surface area contributed by atoms with Gasteiger partial charge in [-0.3, -0.25) is 9.59 Å². The number of nitrogens with zero attached hydrogens (tertiary/aromatic N) is 4. The lowest BCUT2D eigenvalue weighted by atomic mass is 10.2. The summed E-state index contributed by atoms with van der Waals surface area (Å²) in [4.78, 5) is 28.6. The van der Waals surface area contributed by atoms with Crippen molar-refractivity contribution >= 4 is 57.3 Å². The minimum atomic E-state index is -0.404. The molecule has 0 spiro atoms. The number of carbonyl (C=O) groups is 2. The lowest BCUT2D eigenvalue weighted by Crippen LogP contribution is -2.22. The van der Waals surface area contributed by atoms with Crippen LogP contribution in [-0.2, 0) is 23.1 Å². The number of rotatable bonds is 7. The lowest BCUT2D eigenvalue weighted by Gasteiger charge is -2.10. The molecule has 11 heteroatoms. The summed E-state index contributed by atoms with van der Waals surface area (Å²) in [5, 5.41) is 16.8. The van der Waals surface area contributed by atoms with Crippen LogP contribution in [0, 0.1) is 6.92 Å². The number of benzene rings is 1. The molecule has 2 aromatic heterocycles. The maximum atomic E-state index is 12.3. The first-order valence-electron chi connectivity index (χ1n) is 8.64. The third kappa shape index (κ3) is 5.55. The Labute approximate surface area is 181 Å². The summed E-state index contributed by atoms with van der Waals surface area (Å²) in [7, 11) is 1.76. The van der Waals surface area contributed by atoms with E-state index in [1.807, 2.05) is 13.0 Å². The fourth-order valence-electron chi connectivity index (χ4n) is 2.32. The van der Waals surface area contributed by atoms with Gasteiger partial charge in [-0.1, -0.05) is 29.4 Å². The number of amides is 2. The second-order valence-electron chi connectivity index (χ2n) is 6.23. The normalized spacial score (nSPS) is 11.9. The molecule has 0 aliphatic carbocycles. The van der Waals surface area contributed by atoms with Crippen LogP contribution in [-0.4, -0.2) is 36.8 Å². The van der Waals surface area contributed by atoms with Gasteiger partial charge in [0.05, 0.1) is 11.7 Å². The molecule has 3 aromatic rings. The molecular formula is C18H19ClN6O2S2. The Morgan fingerprint density at radius 2 is 2.10 bits per heavy atom. The predicted octanol–water partition coefficient (Wildman–Crippen LogP) is 3.53. The fraction of sp³-hybridized carbons (Fsp3) is 0.278. The molecule has 1 atom stereocenters. The number of halogens is 1. The van der Waals surface area contributed by atoms with Gasteiger partial charge < -0.3 is 15.2 Å². The number of carbonyl (C=O) groups excluding carboxylic acids is 2. The molecule has 2 heterocycles. The molecular weight excluding hydrogens is 432 g/mol. The van der Waals surface area contributed by atoms with E-state index in [-0.39, 0.29) is 18.2 Å². The van der Waals surface area contributed by atoms with Gasteiger partial charge in [0.15, 0.2) is 10.3 Å². The van der Waals surface area contributed by atoms with E-state index in [1.165, 1.54) is 23.1 Å². The summed E-state index contributed by atoms with van der Waals surface area (Å²) < 4.78 is 1.71. The number of hydrogen-bond acceptors (Lipinski definition) is 7. The van der Waals surface area contributed by atoms with Gasteiger partial charge in [0, 0.05) is 29.3 Å². The Hall–Kier alpha value is -2.43. The van der Waals surface area contributed by atoms with Crippen molar-refractivity contribution in [2.24, 2.45) is 7.05 Å². The number of thiazole rings is 1. The standard InChI is InChI=1S/C18H19ClN6O2S2/c1-10-4-5-12(8-13(10)19)21-15(26)9-14-23-24-18(25(14)3)29-11(2)16(27)22-17-20-6-7-28-17/h4-8,11H,9H2,1-3H3,(H,21,26)(H,20,22,27). The van der Waals surface area contributed by atoms with E-state index >= 15 is 0 Å². The molecule has 0 saturated heterocycles. The number of hydrogen-bond donors (Lipinski definition) is 2. The highest BCUT2D eigenvalue weighted by Crippen LogP contribution is 2.24. The Morgan fingerprint density at radius 1 is 1.31 bits per heavy atom. The van der Waals surface area contributed by atoms with Gasteiger partial charge in [0.1, 0.15) is 5.82 Å². The average Bonchev–Trinajstić information content (AvgIpc) is 3.30. The average molecular weight is 451 g/mol. The molecule has 1 aromatic carbocycles. The van der Waals surface area contributed by atoms with Gasteiger partial charge >= 0.3 is 0 Å². The highest BCUT2D eigenvalue weighted by Gasteiger charge is 2.20. The number of thioether (sulfide) groups is 1.